The fourth-order valence-corrected chi connectivity index (χ4v) is 5.44. The number of carbonyl (C=O) groups excluding carboxylic acids is 2. The van der Waals surface area contributed by atoms with Crippen LogP contribution < -0.4 is 29.7 Å². The number of benzene rings is 2. The molecular weight excluding hydrogens is 518 g/mol. The number of nitrogens with one attached hydrogen (secondary N) is 1. The Kier molecular flexibility index (Phi) is 7.29. The number of carbonyl (C=O) groups is 2. The summed E-state index contributed by atoms with van der Waals surface area (Å²) in [7, 11) is 1.50. The lowest BCUT2D eigenvalue weighted by Gasteiger charge is -2.22. The van der Waals surface area contributed by atoms with E-state index in [9.17, 15) is 14.4 Å². The van der Waals surface area contributed by atoms with Gasteiger partial charge in [0.05, 0.1) is 17.9 Å². The van der Waals surface area contributed by atoms with Gasteiger partial charge in [-0.05, 0) is 61.9 Å². The Labute approximate surface area is 227 Å². The van der Waals surface area contributed by atoms with E-state index in [0.29, 0.717) is 49.1 Å². The average Bonchev–Trinajstić information content (AvgIpc) is 3.56. The van der Waals surface area contributed by atoms with Gasteiger partial charge in [0.25, 0.3) is 11.5 Å². The van der Waals surface area contributed by atoms with Crippen molar-refractivity contribution in [3.8, 4) is 11.5 Å². The molecule has 0 aliphatic carbocycles. The molecule has 1 atom stereocenters. The summed E-state index contributed by atoms with van der Waals surface area (Å²) in [4.78, 5) is 43.3. The molecule has 4 aromatic rings. The number of aromatic nitrogens is 1. The van der Waals surface area contributed by atoms with Gasteiger partial charge in [-0.2, -0.15) is 0 Å². The molecule has 198 valence electrons. The minimum atomic E-state index is -0.691. The zero-order valence-electron chi connectivity index (χ0n) is 21.5. The second kappa shape index (κ2) is 11.0. The van der Waals surface area contributed by atoms with Crippen LogP contribution >= 0.6 is 11.3 Å². The lowest BCUT2D eigenvalue weighted by atomic mass is 9.98. The molecule has 0 saturated heterocycles. The molecule has 1 aliphatic heterocycles. The molecule has 0 unspecified atom stereocenters. The number of allylic oxidation sites excluding steroid dienone is 2. The molecule has 0 fully saturated rings. The molecule has 1 aliphatic rings. The summed E-state index contributed by atoms with van der Waals surface area (Å²) in [5, 5.41) is 2.76. The Morgan fingerprint density at radius 2 is 1.92 bits per heavy atom. The van der Waals surface area contributed by atoms with Gasteiger partial charge in [-0.25, -0.2) is 4.99 Å². The van der Waals surface area contributed by atoms with Crippen molar-refractivity contribution in [2.24, 2.45) is 4.99 Å². The van der Waals surface area contributed by atoms with Gasteiger partial charge in [-0.15, -0.1) is 0 Å². The third kappa shape index (κ3) is 5.32. The second-order valence-electron chi connectivity index (χ2n) is 8.77. The molecule has 1 amide bonds. The predicted octanol–water partition coefficient (Wildman–Crippen LogP) is 3.44. The van der Waals surface area contributed by atoms with Crippen molar-refractivity contribution in [3.05, 3.63) is 109 Å². The number of hydrogen-bond acceptors (Lipinski definition) is 8. The Balaban J connectivity index is 1.44. The van der Waals surface area contributed by atoms with E-state index in [1.807, 2.05) is 18.2 Å². The van der Waals surface area contributed by atoms with Gasteiger partial charge in [0.15, 0.2) is 28.7 Å². The highest BCUT2D eigenvalue weighted by Gasteiger charge is 2.32. The van der Waals surface area contributed by atoms with Crippen molar-refractivity contribution >= 4 is 34.8 Å². The Bertz CT molecular complexity index is 1750. The van der Waals surface area contributed by atoms with Crippen LogP contribution in [-0.4, -0.2) is 30.0 Å². The lowest BCUT2D eigenvalue weighted by Crippen LogP contribution is -2.39. The highest BCUT2D eigenvalue weighted by molar-refractivity contribution is 7.07. The number of hydrogen-bond donors (Lipinski definition) is 1. The monoisotopic (exact) mass is 543 g/mol. The van der Waals surface area contributed by atoms with Crippen molar-refractivity contribution in [1.29, 1.82) is 0 Å². The van der Waals surface area contributed by atoms with Crippen LogP contribution in [0.3, 0.4) is 0 Å². The van der Waals surface area contributed by atoms with Crippen LogP contribution in [0.5, 0.6) is 11.5 Å². The first kappa shape index (κ1) is 25.9. The number of furan rings is 1. The highest BCUT2D eigenvalue weighted by Crippen LogP contribution is 2.31. The quantitative estimate of drug-likeness (QED) is 0.364. The molecule has 0 radical (unpaired) electrons. The van der Waals surface area contributed by atoms with E-state index >= 15 is 0 Å². The number of Topliss-reactive ketones (excluding diaryl/α,β-unsaturated/α-hetero) is 1. The van der Waals surface area contributed by atoms with Gasteiger partial charge in [0, 0.05) is 17.0 Å². The maximum atomic E-state index is 13.6. The van der Waals surface area contributed by atoms with Gasteiger partial charge in [-0.3, -0.25) is 19.0 Å². The number of nitrogens with zero attached hydrogens (tertiary/aromatic N) is 2. The van der Waals surface area contributed by atoms with Gasteiger partial charge in [0.1, 0.15) is 11.8 Å². The number of rotatable bonds is 8. The normalized spacial score (nSPS) is 14.9. The first-order valence-corrected chi connectivity index (χ1v) is 12.9. The topological polar surface area (TPSA) is 112 Å². The predicted molar refractivity (Wildman–Crippen MR) is 147 cm³/mol. The molecule has 5 rings (SSSR count). The molecule has 3 heterocycles. The van der Waals surface area contributed by atoms with E-state index in [-0.39, 0.29) is 23.9 Å². The number of fused-ring (bicyclic) bond motifs is 1. The van der Waals surface area contributed by atoms with E-state index in [0.717, 1.165) is 0 Å². The molecule has 1 N–H and O–H groups in total. The molecule has 10 heteroatoms. The van der Waals surface area contributed by atoms with Gasteiger partial charge >= 0.3 is 0 Å². The molecular formula is C29H25N3O6S. The van der Waals surface area contributed by atoms with Crippen molar-refractivity contribution in [3.63, 3.8) is 0 Å². The maximum Gasteiger partial charge on any atom is 0.271 e. The van der Waals surface area contributed by atoms with Crippen LogP contribution in [0.25, 0.3) is 6.08 Å². The number of para-hydroxylation sites is 1. The van der Waals surface area contributed by atoms with Crippen molar-refractivity contribution in [2.75, 3.05) is 19.0 Å². The molecule has 9 nitrogen and oxygen atoms in total. The summed E-state index contributed by atoms with van der Waals surface area (Å²) in [6, 6.07) is 17.0. The lowest BCUT2D eigenvalue weighted by molar-refractivity contribution is -0.118. The van der Waals surface area contributed by atoms with Crippen LogP contribution in [0.15, 0.2) is 92.4 Å². The molecule has 0 saturated carbocycles. The fourth-order valence-electron chi connectivity index (χ4n) is 4.39. The van der Waals surface area contributed by atoms with E-state index in [4.69, 9.17) is 13.9 Å². The second-order valence-corrected chi connectivity index (χ2v) is 9.78. The summed E-state index contributed by atoms with van der Waals surface area (Å²) in [6.07, 6.45) is 3.24. The molecule has 0 spiro atoms. The Hall–Kier alpha value is -4.70. The number of ketones is 1. The standard InChI is InChI=1S/C29H25N3O6S/c1-17-26(18(2)33)27(22-10-7-13-37-22)32-28(35)24(39-29(32)30-17)15-19-11-12-21(23(14-19)36-3)38-16-25(34)31-20-8-5-4-6-9-20/h4-15,27H,16H2,1-3H3,(H,31,34)/b24-15+/t27-/m0/s1. The summed E-state index contributed by atoms with van der Waals surface area (Å²) >= 11 is 1.22. The molecule has 2 aromatic heterocycles. The largest absolute Gasteiger partial charge is 0.493 e. The smallest absolute Gasteiger partial charge is 0.271 e. The SMILES string of the molecule is COc1cc(/C=c2/sc3n(c2=O)[C@@H](c2ccco2)C(C(C)=O)=C(C)N=3)ccc1OCC(=O)Nc1ccccc1. The Morgan fingerprint density at radius 1 is 1.13 bits per heavy atom. The minimum absolute atomic E-state index is 0.176. The number of methoxy groups -OCH3 is 1. The highest BCUT2D eigenvalue weighted by atomic mass is 32.1. The van der Waals surface area contributed by atoms with Gasteiger partial charge in [-0.1, -0.05) is 35.6 Å². The molecule has 2 aromatic carbocycles. The van der Waals surface area contributed by atoms with Crippen molar-refractivity contribution in [1.82, 2.24) is 4.57 Å². The van der Waals surface area contributed by atoms with Crippen LogP contribution in [0.4, 0.5) is 5.69 Å². The maximum absolute atomic E-state index is 13.6. The zero-order valence-corrected chi connectivity index (χ0v) is 22.3. The minimum Gasteiger partial charge on any atom is -0.493 e. The van der Waals surface area contributed by atoms with Crippen molar-refractivity contribution in [2.45, 2.75) is 19.9 Å². The third-order valence-electron chi connectivity index (χ3n) is 6.12. The molecule has 39 heavy (non-hydrogen) atoms. The van der Waals surface area contributed by atoms with Crippen molar-refractivity contribution < 1.29 is 23.5 Å². The average molecular weight is 544 g/mol. The van der Waals surface area contributed by atoms with Crippen LogP contribution in [0, 0.1) is 0 Å². The summed E-state index contributed by atoms with van der Waals surface area (Å²) in [5.41, 5.74) is 2.05. The van der Waals surface area contributed by atoms with E-state index < -0.39 is 6.04 Å². The first-order chi connectivity index (χ1) is 18.9. The third-order valence-corrected chi connectivity index (χ3v) is 7.10. The first-order valence-electron chi connectivity index (χ1n) is 12.1. The number of anilines is 1. The summed E-state index contributed by atoms with van der Waals surface area (Å²) in [5.74, 6) is 0.803. The van der Waals surface area contributed by atoms with E-state index in [1.165, 1.54) is 36.2 Å². The summed E-state index contributed by atoms with van der Waals surface area (Å²) < 4.78 is 18.7. The summed E-state index contributed by atoms with van der Waals surface area (Å²) in [6.45, 7) is 3.02. The van der Waals surface area contributed by atoms with Crippen LogP contribution in [-0.2, 0) is 9.59 Å². The molecule has 0 bridgehead atoms. The zero-order chi connectivity index (χ0) is 27.5. The van der Waals surface area contributed by atoms with E-state index in [1.54, 1.807) is 55.5 Å². The number of ether oxygens (including phenoxy) is 2. The number of thiazole rings is 1. The number of amides is 1. The van der Waals surface area contributed by atoms with Gasteiger partial charge < -0.3 is 19.2 Å². The Morgan fingerprint density at radius 3 is 2.62 bits per heavy atom. The fraction of sp³-hybridized carbons (Fsp3) is 0.172. The van der Waals surface area contributed by atoms with Gasteiger partial charge in [0.2, 0.25) is 0 Å². The van der Waals surface area contributed by atoms with Crippen LogP contribution in [0.1, 0.15) is 31.2 Å². The van der Waals surface area contributed by atoms with Crippen LogP contribution in [0.2, 0.25) is 0 Å². The van der Waals surface area contributed by atoms with E-state index in [2.05, 4.69) is 10.3 Å².